The van der Waals surface area contributed by atoms with Crippen molar-refractivity contribution in [1.82, 2.24) is 9.97 Å². The van der Waals surface area contributed by atoms with Crippen LogP contribution in [0.5, 0.6) is 5.75 Å². The predicted molar refractivity (Wildman–Crippen MR) is 58.8 cm³/mol. The molecule has 0 saturated heterocycles. The normalized spacial score (nSPS) is 10.7. The Hall–Kier alpha value is -2.10. The van der Waals surface area contributed by atoms with Crippen molar-refractivity contribution in [2.75, 3.05) is 7.11 Å². The minimum Gasteiger partial charge on any atom is -0.497 e. The molecule has 15 heavy (non-hydrogen) atoms. The number of methoxy groups -OCH3 is 1. The van der Waals surface area contributed by atoms with Gasteiger partial charge in [0.1, 0.15) is 11.6 Å². The molecule has 0 fully saturated rings. The molecule has 2 aromatic rings. The SMILES string of the molecule is COc1ccc(N=Cc2ncc[nH]2)cc1. The fourth-order valence-corrected chi connectivity index (χ4v) is 1.15. The molecule has 1 heterocycles. The summed E-state index contributed by atoms with van der Waals surface area (Å²) in [5, 5.41) is 0. The van der Waals surface area contributed by atoms with Crippen LogP contribution in [0.3, 0.4) is 0 Å². The topological polar surface area (TPSA) is 50.3 Å². The number of aliphatic imine (C=N–C) groups is 1. The van der Waals surface area contributed by atoms with Crippen molar-refractivity contribution < 1.29 is 4.74 Å². The number of rotatable bonds is 3. The fourth-order valence-electron chi connectivity index (χ4n) is 1.15. The van der Waals surface area contributed by atoms with Gasteiger partial charge in [-0.1, -0.05) is 0 Å². The summed E-state index contributed by atoms with van der Waals surface area (Å²) < 4.78 is 5.05. The van der Waals surface area contributed by atoms with Gasteiger partial charge < -0.3 is 9.72 Å². The van der Waals surface area contributed by atoms with Crippen molar-refractivity contribution in [2.24, 2.45) is 4.99 Å². The van der Waals surface area contributed by atoms with Crippen LogP contribution in [-0.4, -0.2) is 23.3 Å². The summed E-state index contributed by atoms with van der Waals surface area (Å²) in [5.74, 6) is 1.57. The first-order valence-corrected chi connectivity index (χ1v) is 4.56. The van der Waals surface area contributed by atoms with Gasteiger partial charge in [0, 0.05) is 12.4 Å². The summed E-state index contributed by atoms with van der Waals surface area (Å²) >= 11 is 0. The Morgan fingerprint density at radius 1 is 1.33 bits per heavy atom. The van der Waals surface area contributed by atoms with Crippen molar-refractivity contribution >= 4 is 11.9 Å². The third kappa shape index (κ3) is 2.43. The lowest BCUT2D eigenvalue weighted by molar-refractivity contribution is 0.415. The first-order chi connectivity index (χ1) is 7.38. The maximum atomic E-state index is 5.05. The van der Waals surface area contributed by atoms with E-state index < -0.39 is 0 Å². The number of benzene rings is 1. The van der Waals surface area contributed by atoms with Gasteiger partial charge in [0.25, 0.3) is 0 Å². The van der Waals surface area contributed by atoms with Crippen LogP contribution >= 0.6 is 0 Å². The van der Waals surface area contributed by atoms with Crippen molar-refractivity contribution in [1.29, 1.82) is 0 Å². The van der Waals surface area contributed by atoms with Gasteiger partial charge in [0.2, 0.25) is 0 Å². The first-order valence-electron chi connectivity index (χ1n) is 4.56. The van der Waals surface area contributed by atoms with Gasteiger partial charge >= 0.3 is 0 Å². The molecular formula is C11H11N3O. The number of nitrogens with one attached hydrogen (secondary N) is 1. The van der Waals surface area contributed by atoms with Crippen LogP contribution < -0.4 is 4.74 Å². The lowest BCUT2D eigenvalue weighted by Gasteiger charge is -1.98. The lowest BCUT2D eigenvalue weighted by Crippen LogP contribution is -1.83. The molecular weight excluding hydrogens is 190 g/mol. The minimum atomic E-state index is 0.741. The molecule has 0 spiro atoms. The molecule has 0 aliphatic carbocycles. The van der Waals surface area contributed by atoms with Gasteiger partial charge in [0.05, 0.1) is 19.0 Å². The molecule has 76 valence electrons. The quantitative estimate of drug-likeness (QED) is 0.773. The monoisotopic (exact) mass is 201 g/mol. The van der Waals surface area contributed by atoms with E-state index in [1.165, 1.54) is 0 Å². The Morgan fingerprint density at radius 3 is 2.73 bits per heavy atom. The highest BCUT2D eigenvalue weighted by molar-refractivity contribution is 5.77. The molecule has 0 radical (unpaired) electrons. The molecule has 1 N–H and O–H groups in total. The van der Waals surface area contributed by atoms with Crippen molar-refractivity contribution in [2.45, 2.75) is 0 Å². The third-order valence-electron chi connectivity index (χ3n) is 1.93. The van der Waals surface area contributed by atoms with E-state index in [4.69, 9.17) is 4.74 Å². The molecule has 0 aliphatic rings. The van der Waals surface area contributed by atoms with Crippen LogP contribution in [0.25, 0.3) is 0 Å². The molecule has 1 aromatic carbocycles. The summed E-state index contributed by atoms with van der Waals surface area (Å²) in [6.07, 6.45) is 5.13. The molecule has 1 aromatic heterocycles. The van der Waals surface area contributed by atoms with Gasteiger partial charge in [-0.25, -0.2) is 4.98 Å². The Bertz CT molecular complexity index is 431. The number of hydrogen-bond donors (Lipinski definition) is 1. The van der Waals surface area contributed by atoms with Crippen LogP contribution in [0.4, 0.5) is 5.69 Å². The standard InChI is InChI=1S/C11H11N3O/c1-15-10-4-2-9(3-5-10)14-8-11-12-6-7-13-11/h2-8H,1H3,(H,12,13). The van der Waals surface area contributed by atoms with E-state index in [1.807, 2.05) is 24.3 Å². The number of imidazole rings is 1. The zero-order valence-corrected chi connectivity index (χ0v) is 8.34. The van der Waals surface area contributed by atoms with Crippen LogP contribution in [0.15, 0.2) is 41.7 Å². The molecule has 4 nitrogen and oxygen atoms in total. The van der Waals surface area contributed by atoms with Crippen molar-refractivity contribution in [3.63, 3.8) is 0 Å². The number of H-pyrrole nitrogens is 1. The summed E-state index contributed by atoms with van der Waals surface area (Å²) in [7, 11) is 1.64. The number of aromatic nitrogens is 2. The zero-order chi connectivity index (χ0) is 10.5. The Kier molecular flexibility index (Phi) is 2.78. The molecule has 0 amide bonds. The Balaban J connectivity index is 2.11. The number of aromatic amines is 1. The number of hydrogen-bond acceptors (Lipinski definition) is 3. The van der Waals surface area contributed by atoms with Gasteiger partial charge in [-0.2, -0.15) is 0 Å². The molecule has 0 aliphatic heterocycles. The van der Waals surface area contributed by atoms with E-state index >= 15 is 0 Å². The minimum absolute atomic E-state index is 0.741. The molecule has 0 bridgehead atoms. The predicted octanol–water partition coefficient (Wildman–Crippen LogP) is 2.17. The summed E-state index contributed by atoms with van der Waals surface area (Å²) in [5.41, 5.74) is 0.868. The van der Waals surface area contributed by atoms with Gasteiger partial charge in [-0.05, 0) is 24.3 Å². The third-order valence-corrected chi connectivity index (χ3v) is 1.93. The molecule has 0 atom stereocenters. The van der Waals surface area contributed by atoms with E-state index in [0.717, 1.165) is 17.3 Å². The van der Waals surface area contributed by atoms with E-state index in [9.17, 15) is 0 Å². The van der Waals surface area contributed by atoms with Gasteiger partial charge in [-0.3, -0.25) is 4.99 Å². The summed E-state index contributed by atoms with van der Waals surface area (Å²) in [6.45, 7) is 0. The lowest BCUT2D eigenvalue weighted by atomic mass is 10.3. The average molecular weight is 201 g/mol. The second-order valence-corrected chi connectivity index (χ2v) is 2.93. The van der Waals surface area contributed by atoms with Crippen LogP contribution in [0.2, 0.25) is 0 Å². The highest BCUT2D eigenvalue weighted by Gasteiger charge is 1.91. The van der Waals surface area contributed by atoms with E-state index in [0.29, 0.717) is 0 Å². The summed E-state index contributed by atoms with van der Waals surface area (Å²) in [6, 6.07) is 7.51. The first kappa shape index (κ1) is 9.45. The zero-order valence-electron chi connectivity index (χ0n) is 8.34. The molecule has 0 unspecified atom stereocenters. The van der Waals surface area contributed by atoms with Crippen LogP contribution in [0, 0.1) is 0 Å². The van der Waals surface area contributed by atoms with E-state index in [2.05, 4.69) is 15.0 Å². The Labute approximate surface area is 87.7 Å². The van der Waals surface area contributed by atoms with Gasteiger partial charge in [-0.15, -0.1) is 0 Å². The molecule has 0 saturated carbocycles. The second-order valence-electron chi connectivity index (χ2n) is 2.93. The average Bonchev–Trinajstić information content (AvgIpc) is 2.80. The number of nitrogens with zero attached hydrogens (tertiary/aromatic N) is 2. The highest BCUT2D eigenvalue weighted by Crippen LogP contribution is 2.17. The van der Waals surface area contributed by atoms with E-state index in [1.54, 1.807) is 25.7 Å². The van der Waals surface area contributed by atoms with Crippen molar-refractivity contribution in [3.8, 4) is 5.75 Å². The molecule has 4 heteroatoms. The molecule has 2 rings (SSSR count). The summed E-state index contributed by atoms with van der Waals surface area (Å²) in [4.78, 5) is 11.2. The highest BCUT2D eigenvalue weighted by atomic mass is 16.5. The fraction of sp³-hybridized carbons (Fsp3) is 0.0909. The maximum absolute atomic E-state index is 5.05. The van der Waals surface area contributed by atoms with Gasteiger partial charge in [0.15, 0.2) is 0 Å². The van der Waals surface area contributed by atoms with E-state index in [-0.39, 0.29) is 0 Å². The van der Waals surface area contributed by atoms with Crippen molar-refractivity contribution in [3.05, 3.63) is 42.5 Å². The Morgan fingerprint density at radius 2 is 2.13 bits per heavy atom. The number of ether oxygens (including phenoxy) is 1. The maximum Gasteiger partial charge on any atom is 0.148 e. The smallest absolute Gasteiger partial charge is 0.148 e. The largest absolute Gasteiger partial charge is 0.497 e. The van der Waals surface area contributed by atoms with Crippen LogP contribution in [-0.2, 0) is 0 Å². The van der Waals surface area contributed by atoms with Crippen LogP contribution in [0.1, 0.15) is 5.82 Å². The second kappa shape index (κ2) is 4.41.